The molecule has 0 aliphatic heterocycles. The standard InChI is InChI=1S/C27H31N7O5S/c1-6-29-25(36)27(3,4)33-22(35)21-17(2)23(34-30-13-14-31-34)40-24(21)32(26(33)37)16-20(39-15-9-12-28)18-10-7-8-11-19(18)38-5/h7-8,10-11,13-14,20H,6,9,15-16H2,1-5H3,(H,29,36). The summed E-state index contributed by atoms with van der Waals surface area (Å²) in [6.07, 6.45) is 2.48. The number of rotatable bonds is 11. The molecule has 0 aliphatic carbocycles. The predicted octanol–water partition coefficient (Wildman–Crippen LogP) is 2.67. The van der Waals surface area contributed by atoms with Crippen LogP contribution in [0.15, 0.2) is 46.2 Å². The summed E-state index contributed by atoms with van der Waals surface area (Å²) in [5.41, 5.74) is -1.50. The molecule has 0 fully saturated rings. The van der Waals surface area contributed by atoms with E-state index in [4.69, 9.17) is 14.7 Å². The molecule has 3 heterocycles. The minimum absolute atomic E-state index is 0.0151. The number of aromatic nitrogens is 5. The van der Waals surface area contributed by atoms with Crippen LogP contribution in [-0.2, 0) is 21.6 Å². The highest BCUT2D eigenvalue weighted by atomic mass is 32.1. The quantitative estimate of drug-likeness (QED) is 0.273. The Labute approximate surface area is 234 Å². The molecule has 0 bridgehead atoms. The lowest BCUT2D eigenvalue weighted by atomic mass is 10.0. The van der Waals surface area contributed by atoms with Crippen LogP contribution >= 0.6 is 11.3 Å². The number of aryl methyl sites for hydroxylation is 1. The zero-order chi connectivity index (χ0) is 29.0. The van der Waals surface area contributed by atoms with Crippen molar-refractivity contribution in [1.82, 2.24) is 29.4 Å². The number of likely N-dealkylation sites (N-methyl/N-ethyl adjacent to an activating group) is 1. The molecule has 0 radical (unpaired) electrons. The Morgan fingerprint density at radius 1 is 1.23 bits per heavy atom. The Morgan fingerprint density at radius 3 is 2.58 bits per heavy atom. The topological polar surface area (TPSA) is 146 Å². The Balaban J connectivity index is 2.02. The predicted molar refractivity (Wildman–Crippen MR) is 150 cm³/mol. The number of ether oxygens (including phenoxy) is 2. The van der Waals surface area contributed by atoms with Crippen molar-refractivity contribution >= 4 is 27.5 Å². The van der Waals surface area contributed by atoms with Gasteiger partial charge >= 0.3 is 5.69 Å². The Hall–Kier alpha value is -4.28. The third-order valence-electron chi connectivity index (χ3n) is 6.61. The fourth-order valence-electron chi connectivity index (χ4n) is 4.56. The van der Waals surface area contributed by atoms with Gasteiger partial charge < -0.3 is 14.8 Å². The van der Waals surface area contributed by atoms with Crippen molar-refractivity contribution in [3.05, 3.63) is 68.6 Å². The van der Waals surface area contributed by atoms with Gasteiger partial charge in [0.2, 0.25) is 5.91 Å². The fourth-order valence-corrected chi connectivity index (χ4v) is 5.78. The molecular formula is C27H31N7O5S. The number of para-hydroxylation sites is 1. The molecule has 13 heteroatoms. The molecule has 1 unspecified atom stereocenters. The molecule has 1 atom stereocenters. The van der Waals surface area contributed by atoms with Crippen molar-refractivity contribution in [2.45, 2.75) is 52.3 Å². The van der Waals surface area contributed by atoms with Crippen molar-refractivity contribution in [2.24, 2.45) is 0 Å². The molecule has 0 saturated heterocycles. The van der Waals surface area contributed by atoms with Gasteiger partial charge in [0.05, 0.1) is 50.5 Å². The molecule has 210 valence electrons. The Bertz CT molecular complexity index is 1680. The van der Waals surface area contributed by atoms with Crippen molar-refractivity contribution in [3.63, 3.8) is 0 Å². The van der Waals surface area contributed by atoms with Crippen molar-refractivity contribution in [2.75, 3.05) is 20.3 Å². The first-order valence-corrected chi connectivity index (χ1v) is 13.5. The number of hydrogen-bond donors (Lipinski definition) is 1. The number of benzene rings is 1. The first-order chi connectivity index (χ1) is 19.2. The second-order valence-corrected chi connectivity index (χ2v) is 10.5. The van der Waals surface area contributed by atoms with E-state index in [0.29, 0.717) is 33.3 Å². The summed E-state index contributed by atoms with van der Waals surface area (Å²) in [6.45, 7) is 7.04. The number of thiophene rings is 1. The lowest BCUT2D eigenvalue weighted by Crippen LogP contribution is -2.55. The van der Waals surface area contributed by atoms with E-state index in [9.17, 15) is 14.4 Å². The second kappa shape index (κ2) is 11.8. The maximum atomic E-state index is 14.2. The summed E-state index contributed by atoms with van der Waals surface area (Å²) < 4.78 is 14.1. The van der Waals surface area contributed by atoms with E-state index in [1.807, 2.05) is 18.2 Å². The molecule has 3 aromatic heterocycles. The van der Waals surface area contributed by atoms with Crippen LogP contribution in [0.2, 0.25) is 0 Å². The second-order valence-electron chi connectivity index (χ2n) is 9.49. The molecular weight excluding hydrogens is 534 g/mol. The number of nitrogens with zero attached hydrogens (tertiary/aromatic N) is 6. The SMILES string of the molecule is CCNC(=O)C(C)(C)n1c(=O)c2c(C)c(-n3nccn3)sc2n(CC(OCCC#N)c2ccccc2OC)c1=O. The number of hydrogen-bond acceptors (Lipinski definition) is 9. The molecule has 0 aliphatic rings. The summed E-state index contributed by atoms with van der Waals surface area (Å²) in [5.74, 6) is 0.0852. The molecule has 12 nitrogen and oxygen atoms in total. The summed E-state index contributed by atoms with van der Waals surface area (Å²) in [5, 5.41) is 21.1. The first-order valence-electron chi connectivity index (χ1n) is 12.7. The lowest BCUT2D eigenvalue weighted by molar-refractivity contribution is -0.128. The maximum absolute atomic E-state index is 14.2. The number of methoxy groups -OCH3 is 1. The van der Waals surface area contributed by atoms with Gasteiger partial charge in [-0.3, -0.25) is 14.2 Å². The molecule has 4 aromatic rings. The average molecular weight is 566 g/mol. The Morgan fingerprint density at radius 2 is 1.93 bits per heavy atom. The van der Waals surface area contributed by atoms with Crippen LogP contribution < -0.4 is 21.3 Å². The number of amides is 1. The zero-order valence-electron chi connectivity index (χ0n) is 23.0. The van der Waals surface area contributed by atoms with Crippen LogP contribution in [-0.4, -0.2) is 50.3 Å². The van der Waals surface area contributed by atoms with Gasteiger partial charge in [-0.15, -0.1) is 4.80 Å². The summed E-state index contributed by atoms with van der Waals surface area (Å²) in [6, 6.07) is 9.32. The van der Waals surface area contributed by atoms with Gasteiger partial charge in [-0.05, 0) is 33.8 Å². The number of nitrogens with one attached hydrogen (secondary N) is 1. The zero-order valence-corrected chi connectivity index (χ0v) is 23.8. The Kier molecular flexibility index (Phi) is 8.51. The highest BCUT2D eigenvalue weighted by molar-refractivity contribution is 7.21. The minimum atomic E-state index is -1.50. The van der Waals surface area contributed by atoms with Gasteiger partial charge in [-0.1, -0.05) is 29.5 Å². The van der Waals surface area contributed by atoms with E-state index < -0.39 is 28.8 Å². The van der Waals surface area contributed by atoms with E-state index in [1.165, 1.54) is 54.1 Å². The molecule has 1 N–H and O–H groups in total. The molecule has 4 rings (SSSR count). The van der Waals surface area contributed by atoms with Crippen LogP contribution in [0.1, 0.15) is 44.4 Å². The normalized spacial score (nSPS) is 12.3. The number of nitriles is 1. The van der Waals surface area contributed by atoms with E-state index in [-0.39, 0.29) is 25.0 Å². The van der Waals surface area contributed by atoms with Crippen molar-refractivity contribution < 1.29 is 14.3 Å². The van der Waals surface area contributed by atoms with Crippen LogP contribution in [0.4, 0.5) is 0 Å². The lowest BCUT2D eigenvalue weighted by Gasteiger charge is -2.27. The van der Waals surface area contributed by atoms with Crippen molar-refractivity contribution in [1.29, 1.82) is 5.26 Å². The summed E-state index contributed by atoms with van der Waals surface area (Å²) in [7, 11) is 1.54. The third kappa shape index (κ3) is 5.15. The molecule has 0 spiro atoms. The number of fused-ring (bicyclic) bond motifs is 1. The van der Waals surface area contributed by atoms with Gasteiger partial charge in [0.1, 0.15) is 27.2 Å². The summed E-state index contributed by atoms with van der Waals surface area (Å²) >= 11 is 1.20. The number of carbonyl (C=O) groups excluding carboxylic acids is 1. The average Bonchev–Trinajstić information content (AvgIpc) is 3.58. The van der Waals surface area contributed by atoms with Gasteiger partial charge in [0.25, 0.3) is 5.56 Å². The van der Waals surface area contributed by atoms with Crippen molar-refractivity contribution in [3.8, 4) is 16.8 Å². The van der Waals surface area contributed by atoms with E-state index in [1.54, 1.807) is 19.9 Å². The molecule has 40 heavy (non-hydrogen) atoms. The van der Waals surface area contributed by atoms with E-state index in [2.05, 4.69) is 21.6 Å². The van der Waals surface area contributed by atoms with Crippen LogP contribution in [0, 0.1) is 18.3 Å². The minimum Gasteiger partial charge on any atom is -0.496 e. The van der Waals surface area contributed by atoms with E-state index in [0.717, 1.165) is 4.57 Å². The van der Waals surface area contributed by atoms with E-state index >= 15 is 0 Å². The fraction of sp³-hybridized carbons (Fsp3) is 0.407. The van der Waals surface area contributed by atoms with Gasteiger partial charge in [-0.2, -0.15) is 15.5 Å². The monoisotopic (exact) mass is 565 g/mol. The smallest absolute Gasteiger partial charge is 0.333 e. The molecule has 1 aromatic carbocycles. The van der Waals surface area contributed by atoms with Gasteiger partial charge in [-0.25, -0.2) is 9.36 Å². The third-order valence-corrected chi connectivity index (χ3v) is 7.89. The molecule has 0 saturated carbocycles. The largest absolute Gasteiger partial charge is 0.496 e. The van der Waals surface area contributed by atoms with Crippen LogP contribution in [0.3, 0.4) is 0 Å². The number of carbonyl (C=O) groups is 1. The first kappa shape index (κ1) is 28.7. The van der Waals surface area contributed by atoms with Gasteiger partial charge in [0.15, 0.2) is 0 Å². The van der Waals surface area contributed by atoms with Crippen LogP contribution in [0.25, 0.3) is 15.2 Å². The maximum Gasteiger partial charge on any atom is 0.333 e. The van der Waals surface area contributed by atoms with Gasteiger partial charge in [0, 0.05) is 17.7 Å². The van der Waals surface area contributed by atoms with Crippen LogP contribution in [0.5, 0.6) is 5.75 Å². The highest BCUT2D eigenvalue weighted by Gasteiger charge is 2.36. The summed E-state index contributed by atoms with van der Waals surface area (Å²) in [4.78, 5) is 43.0. The highest BCUT2D eigenvalue weighted by Crippen LogP contribution is 2.34. The molecule has 1 amide bonds.